The second-order valence-corrected chi connectivity index (χ2v) is 6.26. The first-order chi connectivity index (χ1) is 10.5. The van der Waals surface area contributed by atoms with E-state index in [0.29, 0.717) is 10.1 Å². The molecule has 0 aliphatic heterocycles. The molecule has 2 rings (SSSR count). The standard InChI is InChI=1S/C18H21ClN2S/c1-4-17(14-9-8-12(2)13(3)10-14)21-18(22)20-16-7-5-6-15(19)11-16/h5-11,17H,4H2,1-3H3,(H2,20,21,22). The van der Waals surface area contributed by atoms with Crippen molar-refractivity contribution in [3.63, 3.8) is 0 Å². The highest BCUT2D eigenvalue weighted by Crippen LogP contribution is 2.20. The second kappa shape index (κ2) is 7.61. The minimum atomic E-state index is 0.193. The number of rotatable bonds is 4. The Morgan fingerprint density at radius 2 is 1.91 bits per heavy atom. The van der Waals surface area contributed by atoms with E-state index in [0.717, 1.165) is 12.1 Å². The summed E-state index contributed by atoms with van der Waals surface area (Å²) in [6.45, 7) is 6.40. The third kappa shape index (κ3) is 4.46. The molecule has 0 bridgehead atoms. The van der Waals surface area contributed by atoms with E-state index in [1.54, 1.807) is 0 Å². The summed E-state index contributed by atoms with van der Waals surface area (Å²) >= 11 is 11.4. The van der Waals surface area contributed by atoms with Crippen molar-refractivity contribution in [3.8, 4) is 0 Å². The molecule has 0 spiro atoms. The molecule has 0 saturated heterocycles. The van der Waals surface area contributed by atoms with Crippen LogP contribution in [0.1, 0.15) is 36.1 Å². The molecule has 0 fully saturated rings. The molecule has 116 valence electrons. The summed E-state index contributed by atoms with van der Waals surface area (Å²) in [6.07, 6.45) is 0.958. The first-order valence-electron chi connectivity index (χ1n) is 7.40. The van der Waals surface area contributed by atoms with Crippen molar-refractivity contribution >= 4 is 34.6 Å². The predicted molar refractivity (Wildman–Crippen MR) is 99.8 cm³/mol. The van der Waals surface area contributed by atoms with Gasteiger partial charge in [0.1, 0.15) is 0 Å². The van der Waals surface area contributed by atoms with Gasteiger partial charge in [0.2, 0.25) is 0 Å². The van der Waals surface area contributed by atoms with Gasteiger partial charge in [0.15, 0.2) is 5.11 Å². The number of hydrogen-bond donors (Lipinski definition) is 2. The minimum Gasteiger partial charge on any atom is -0.356 e. The summed E-state index contributed by atoms with van der Waals surface area (Å²) in [5, 5.41) is 7.85. The van der Waals surface area contributed by atoms with Crippen LogP contribution in [0, 0.1) is 13.8 Å². The Bertz CT molecular complexity index is 670. The monoisotopic (exact) mass is 332 g/mol. The maximum atomic E-state index is 5.99. The van der Waals surface area contributed by atoms with E-state index in [9.17, 15) is 0 Å². The van der Waals surface area contributed by atoms with Crippen LogP contribution in [0.2, 0.25) is 5.02 Å². The van der Waals surface area contributed by atoms with Gasteiger partial charge in [-0.1, -0.05) is 42.8 Å². The Morgan fingerprint density at radius 3 is 2.55 bits per heavy atom. The van der Waals surface area contributed by atoms with Crippen LogP contribution in [0.25, 0.3) is 0 Å². The van der Waals surface area contributed by atoms with Crippen molar-refractivity contribution < 1.29 is 0 Å². The Morgan fingerprint density at radius 1 is 1.14 bits per heavy atom. The Kier molecular flexibility index (Phi) is 5.81. The SMILES string of the molecule is CCC(NC(=S)Nc1cccc(Cl)c1)c1ccc(C)c(C)c1. The third-order valence-corrected chi connectivity index (χ3v) is 4.18. The predicted octanol–water partition coefficient (Wildman–Crippen LogP) is 5.39. The number of benzene rings is 2. The van der Waals surface area contributed by atoms with Crippen LogP contribution in [0.15, 0.2) is 42.5 Å². The topological polar surface area (TPSA) is 24.1 Å². The zero-order valence-corrected chi connectivity index (χ0v) is 14.7. The van der Waals surface area contributed by atoms with Gasteiger partial charge in [0.05, 0.1) is 6.04 Å². The fourth-order valence-electron chi connectivity index (χ4n) is 2.29. The summed E-state index contributed by atoms with van der Waals surface area (Å²) in [7, 11) is 0. The Labute approximate surface area is 142 Å². The van der Waals surface area contributed by atoms with Gasteiger partial charge in [-0.25, -0.2) is 0 Å². The molecule has 22 heavy (non-hydrogen) atoms. The normalized spacial score (nSPS) is 11.8. The van der Waals surface area contributed by atoms with E-state index in [4.69, 9.17) is 23.8 Å². The number of anilines is 1. The van der Waals surface area contributed by atoms with Crippen molar-refractivity contribution in [3.05, 3.63) is 64.2 Å². The average Bonchev–Trinajstić information content (AvgIpc) is 2.48. The minimum absolute atomic E-state index is 0.193. The van der Waals surface area contributed by atoms with Crippen LogP contribution in [0.3, 0.4) is 0 Å². The van der Waals surface area contributed by atoms with E-state index in [1.165, 1.54) is 16.7 Å². The molecule has 0 radical (unpaired) electrons. The van der Waals surface area contributed by atoms with Crippen molar-refractivity contribution in [2.24, 2.45) is 0 Å². The highest BCUT2D eigenvalue weighted by Gasteiger charge is 2.11. The number of aryl methyl sites for hydroxylation is 2. The van der Waals surface area contributed by atoms with E-state index >= 15 is 0 Å². The fourth-order valence-corrected chi connectivity index (χ4v) is 2.74. The maximum Gasteiger partial charge on any atom is 0.171 e. The largest absolute Gasteiger partial charge is 0.356 e. The van der Waals surface area contributed by atoms with Gasteiger partial charge >= 0.3 is 0 Å². The lowest BCUT2D eigenvalue weighted by atomic mass is 9.99. The molecule has 0 aliphatic carbocycles. The lowest BCUT2D eigenvalue weighted by molar-refractivity contribution is 0.628. The van der Waals surface area contributed by atoms with E-state index < -0.39 is 0 Å². The van der Waals surface area contributed by atoms with E-state index in [-0.39, 0.29) is 6.04 Å². The Balaban J connectivity index is 2.06. The van der Waals surface area contributed by atoms with E-state index in [1.807, 2.05) is 24.3 Å². The van der Waals surface area contributed by atoms with Crippen LogP contribution < -0.4 is 10.6 Å². The fraction of sp³-hybridized carbons (Fsp3) is 0.278. The molecule has 1 atom stereocenters. The summed E-state index contributed by atoms with van der Waals surface area (Å²) in [5.41, 5.74) is 4.74. The van der Waals surface area contributed by atoms with Gasteiger partial charge in [-0.15, -0.1) is 0 Å². The summed E-state index contributed by atoms with van der Waals surface area (Å²) in [4.78, 5) is 0. The number of thiocarbonyl (C=S) groups is 1. The molecule has 0 amide bonds. The molecule has 2 nitrogen and oxygen atoms in total. The lowest BCUT2D eigenvalue weighted by Gasteiger charge is -2.21. The average molecular weight is 333 g/mol. The molecule has 0 aromatic heterocycles. The van der Waals surface area contributed by atoms with Crippen LogP contribution in [-0.4, -0.2) is 5.11 Å². The van der Waals surface area contributed by atoms with E-state index in [2.05, 4.69) is 49.6 Å². The molecule has 2 N–H and O–H groups in total. The van der Waals surface area contributed by atoms with Crippen LogP contribution in [-0.2, 0) is 0 Å². The van der Waals surface area contributed by atoms with Gasteiger partial charge in [-0.2, -0.15) is 0 Å². The third-order valence-electron chi connectivity index (χ3n) is 3.73. The quantitative estimate of drug-likeness (QED) is 0.733. The molecule has 4 heteroatoms. The number of halogens is 1. The summed E-state index contributed by atoms with van der Waals surface area (Å²) < 4.78 is 0. The zero-order valence-electron chi connectivity index (χ0n) is 13.1. The highest BCUT2D eigenvalue weighted by atomic mass is 35.5. The van der Waals surface area contributed by atoms with Gasteiger partial charge in [-0.3, -0.25) is 0 Å². The molecular weight excluding hydrogens is 312 g/mol. The molecule has 1 unspecified atom stereocenters. The molecule has 2 aromatic carbocycles. The number of hydrogen-bond acceptors (Lipinski definition) is 1. The summed E-state index contributed by atoms with van der Waals surface area (Å²) in [6, 6.07) is 14.3. The van der Waals surface area contributed by atoms with Crippen molar-refractivity contribution in [1.29, 1.82) is 0 Å². The van der Waals surface area contributed by atoms with Crippen LogP contribution >= 0.6 is 23.8 Å². The van der Waals surface area contributed by atoms with Gasteiger partial charge < -0.3 is 10.6 Å². The first kappa shape index (κ1) is 16.8. The maximum absolute atomic E-state index is 5.99. The van der Waals surface area contributed by atoms with Gasteiger partial charge in [0.25, 0.3) is 0 Å². The molecule has 0 heterocycles. The molecular formula is C18H21ClN2S. The number of nitrogens with one attached hydrogen (secondary N) is 2. The van der Waals surface area contributed by atoms with Crippen LogP contribution in [0.5, 0.6) is 0 Å². The second-order valence-electron chi connectivity index (χ2n) is 5.41. The molecule has 0 aliphatic rings. The van der Waals surface area contributed by atoms with Crippen LogP contribution in [0.4, 0.5) is 5.69 Å². The lowest BCUT2D eigenvalue weighted by Crippen LogP contribution is -2.32. The molecule has 2 aromatic rings. The van der Waals surface area contributed by atoms with Gasteiger partial charge in [-0.05, 0) is 67.4 Å². The van der Waals surface area contributed by atoms with Crippen molar-refractivity contribution in [1.82, 2.24) is 5.32 Å². The zero-order chi connectivity index (χ0) is 16.1. The van der Waals surface area contributed by atoms with Gasteiger partial charge in [0, 0.05) is 10.7 Å². The Hall–Kier alpha value is -1.58. The van der Waals surface area contributed by atoms with Crippen molar-refractivity contribution in [2.45, 2.75) is 33.2 Å². The first-order valence-corrected chi connectivity index (χ1v) is 8.18. The van der Waals surface area contributed by atoms with Crippen molar-refractivity contribution in [2.75, 3.05) is 5.32 Å². The summed E-state index contributed by atoms with van der Waals surface area (Å²) in [5.74, 6) is 0. The highest BCUT2D eigenvalue weighted by molar-refractivity contribution is 7.80. The smallest absolute Gasteiger partial charge is 0.171 e. The molecule has 0 saturated carbocycles.